The maximum Gasteiger partial charge on any atom is 0.317 e. The molecule has 0 saturated heterocycles. The Labute approximate surface area is 202 Å². The molecular formula is C29H48O4. The second-order valence-corrected chi connectivity index (χ2v) is 10.5. The molecule has 0 N–H and O–H groups in total. The van der Waals surface area contributed by atoms with Gasteiger partial charge < -0.3 is 9.47 Å². The summed E-state index contributed by atoms with van der Waals surface area (Å²) < 4.78 is 12.2. The molecule has 2 rings (SSSR count). The van der Waals surface area contributed by atoms with E-state index < -0.39 is 23.1 Å². The molecular weight excluding hydrogens is 412 g/mol. The molecule has 2 fully saturated rings. The molecule has 0 aromatic carbocycles. The van der Waals surface area contributed by atoms with Crippen LogP contribution in [0, 0.1) is 23.7 Å². The first kappa shape index (κ1) is 27.7. The second kappa shape index (κ2) is 12.8. The van der Waals surface area contributed by atoms with E-state index in [0.29, 0.717) is 23.7 Å². The number of carbonyl (C=O) groups excluding carboxylic acids is 2. The van der Waals surface area contributed by atoms with Crippen molar-refractivity contribution in [1.82, 2.24) is 0 Å². The Kier molecular flexibility index (Phi) is 10.7. The quantitative estimate of drug-likeness (QED) is 0.171. The Morgan fingerprint density at radius 1 is 0.788 bits per heavy atom. The van der Waals surface area contributed by atoms with E-state index in [2.05, 4.69) is 40.9 Å². The van der Waals surface area contributed by atoms with Crippen molar-refractivity contribution in [1.29, 1.82) is 0 Å². The largest absolute Gasteiger partial charge is 0.458 e. The van der Waals surface area contributed by atoms with Gasteiger partial charge in [0.05, 0.1) is 0 Å². The van der Waals surface area contributed by atoms with E-state index in [4.69, 9.17) is 9.47 Å². The molecule has 188 valence electrons. The molecule has 0 aromatic heterocycles. The Morgan fingerprint density at radius 2 is 1.18 bits per heavy atom. The Morgan fingerprint density at radius 3 is 1.48 bits per heavy atom. The SMILES string of the molecule is C=CCC1CCC(CC)(OC(=O)CC(=O)OC2(CC)CCC(CC=C)CC2CC)C(CC)C1. The second-order valence-electron chi connectivity index (χ2n) is 10.5. The standard InChI is InChI=1S/C29H48O4/c1-7-13-22-15-17-28(11-5,24(9-3)19-22)32-26(30)21-27(31)33-29(12-6)18-16-23(14-8-2)20-25(29)10-4/h7-8,22-25H,1-2,9-21H2,3-6H3. The van der Waals surface area contributed by atoms with Gasteiger partial charge in [-0.2, -0.15) is 0 Å². The molecule has 6 atom stereocenters. The van der Waals surface area contributed by atoms with Gasteiger partial charge in [0.1, 0.15) is 17.6 Å². The van der Waals surface area contributed by atoms with E-state index in [9.17, 15) is 9.59 Å². The molecule has 4 heteroatoms. The van der Waals surface area contributed by atoms with Crippen LogP contribution in [0.15, 0.2) is 25.3 Å². The lowest BCUT2D eigenvalue weighted by Gasteiger charge is -2.46. The molecule has 2 aliphatic rings. The average molecular weight is 461 g/mol. The van der Waals surface area contributed by atoms with Crippen molar-refractivity contribution in [3.05, 3.63) is 25.3 Å². The first-order valence-corrected chi connectivity index (χ1v) is 13.5. The smallest absolute Gasteiger partial charge is 0.317 e. The van der Waals surface area contributed by atoms with Crippen LogP contribution in [0.25, 0.3) is 0 Å². The summed E-state index contributed by atoms with van der Waals surface area (Å²) >= 11 is 0. The molecule has 0 aliphatic heterocycles. The molecule has 2 saturated carbocycles. The van der Waals surface area contributed by atoms with Crippen LogP contribution in [-0.2, 0) is 19.1 Å². The number of ether oxygens (including phenoxy) is 2. The third-order valence-corrected chi connectivity index (χ3v) is 8.78. The summed E-state index contributed by atoms with van der Waals surface area (Å²) in [5.74, 6) is 1.02. The molecule has 33 heavy (non-hydrogen) atoms. The van der Waals surface area contributed by atoms with Crippen LogP contribution in [0.5, 0.6) is 0 Å². The summed E-state index contributed by atoms with van der Waals surface area (Å²) in [6.07, 6.45) is 15.2. The zero-order valence-corrected chi connectivity index (χ0v) is 21.7. The maximum atomic E-state index is 12.9. The van der Waals surface area contributed by atoms with Gasteiger partial charge in [-0.05, 0) is 101 Å². The minimum absolute atomic E-state index is 0.289. The maximum absolute atomic E-state index is 12.9. The molecule has 0 aromatic rings. The number of carbonyl (C=O) groups is 2. The van der Waals surface area contributed by atoms with Crippen LogP contribution in [0.2, 0.25) is 0 Å². The van der Waals surface area contributed by atoms with Crippen LogP contribution in [0.4, 0.5) is 0 Å². The molecule has 0 bridgehead atoms. The lowest BCUT2D eigenvalue weighted by atomic mass is 9.67. The lowest BCUT2D eigenvalue weighted by Crippen LogP contribution is -2.48. The lowest BCUT2D eigenvalue weighted by molar-refractivity contribution is -0.185. The highest BCUT2D eigenvalue weighted by atomic mass is 16.6. The predicted octanol–water partition coefficient (Wildman–Crippen LogP) is 7.57. The highest BCUT2D eigenvalue weighted by Crippen LogP contribution is 2.46. The van der Waals surface area contributed by atoms with Crippen LogP contribution >= 0.6 is 0 Å². The molecule has 0 radical (unpaired) electrons. The van der Waals surface area contributed by atoms with Gasteiger partial charge in [0, 0.05) is 0 Å². The fourth-order valence-corrected chi connectivity index (χ4v) is 6.74. The van der Waals surface area contributed by atoms with E-state index in [1.165, 1.54) is 0 Å². The zero-order valence-electron chi connectivity index (χ0n) is 21.7. The van der Waals surface area contributed by atoms with E-state index in [-0.39, 0.29) is 6.42 Å². The Balaban J connectivity index is 2.01. The summed E-state index contributed by atoms with van der Waals surface area (Å²) in [4.78, 5) is 25.9. The molecule has 0 amide bonds. The third kappa shape index (κ3) is 6.73. The van der Waals surface area contributed by atoms with E-state index in [0.717, 1.165) is 77.0 Å². The van der Waals surface area contributed by atoms with Crippen molar-refractivity contribution < 1.29 is 19.1 Å². The average Bonchev–Trinajstić information content (AvgIpc) is 2.81. The van der Waals surface area contributed by atoms with Gasteiger partial charge in [-0.15, -0.1) is 13.2 Å². The summed E-state index contributed by atoms with van der Waals surface area (Å²) in [6.45, 7) is 16.3. The summed E-state index contributed by atoms with van der Waals surface area (Å²) in [7, 11) is 0. The van der Waals surface area contributed by atoms with Gasteiger partial charge >= 0.3 is 11.9 Å². The predicted molar refractivity (Wildman–Crippen MR) is 135 cm³/mol. The zero-order chi connectivity index (χ0) is 24.5. The van der Waals surface area contributed by atoms with Gasteiger partial charge in [-0.25, -0.2) is 0 Å². The highest BCUT2D eigenvalue weighted by molar-refractivity contribution is 5.91. The molecule has 4 nitrogen and oxygen atoms in total. The van der Waals surface area contributed by atoms with Crippen molar-refractivity contribution in [3.8, 4) is 0 Å². The molecule has 2 aliphatic carbocycles. The molecule has 6 unspecified atom stereocenters. The molecule has 0 heterocycles. The first-order valence-electron chi connectivity index (χ1n) is 13.5. The van der Waals surface area contributed by atoms with Crippen LogP contribution < -0.4 is 0 Å². The van der Waals surface area contributed by atoms with Gasteiger partial charge in [-0.1, -0.05) is 39.8 Å². The number of hydrogen-bond acceptors (Lipinski definition) is 4. The first-order chi connectivity index (χ1) is 15.8. The summed E-state index contributed by atoms with van der Waals surface area (Å²) in [5.41, 5.74) is -0.915. The van der Waals surface area contributed by atoms with Gasteiger partial charge in [0.15, 0.2) is 0 Å². The minimum atomic E-state index is -0.457. The van der Waals surface area contributed by atoms with Crippen molar-refractivity contribution in [2.75, 3.05) is 0 Å². The molecule has 0 spiro atoms. The van der Waals surface area contributed by atoms with E-state index >= 15 is 0 Å². The highest BCUT2D eigenvalue weighted by Gasteiger charge is 2.46. The number of rotatable bonds is 12. The summed E-state index contributed by atoms with van der Waals surface area (Å²) in [6, 6.07) is 0. The van der Waals surface area contributed by atoms with E-state index in [1.54, 1.807) is 0 Å². The summed E-state index contributed by atoms with van der Waals surface area (Å²) in [5, 5.41) is 0. The van der Waals surface area contributed by atoms with Crippen LogP contribution in [0.1, 0.15) is 111 Å². The van der Waals surface area contributed by atoms with E-state index in [1.807, 2.05) is 12.2 Å². The fraction of sp³-hybridized carbons (Fsp3) is 0.793. The monoisotopic (exact) mass is 460 g/mol. The van der Waals surface area contributed by atoms with Crippen molar-refractivity contribution in [2.45, 2.75) is 122 Å². The van der Waals surface area contributed by atoms with Gasteiger partial charge in [0.25, 0.3) is 0 Å². The fourth-order valence-electron chi connectivity index (χ4n) is 6.74. The van der Waals surface area contributed by atoms with Crippen LogP contribution in [0.3, 0.4) is 0 Å². The van der Waals surface area contributed by atoms with Gasteiger partial charge in [-0.3, -0.25) is 9.59 Å². The van der Waals surface area contributed by atoms with Crippen molar-refractivity contribution >= 4 is 11.9 Å². The van der Waals surface area contributed by atoms with Crippen LogP contribution in [-0.4, -0.2) is 23.1 Å². The normalized spacial score (nSPS) is 34.3. The Hall–Kier alpha value is -1.58. The third-order valence-electron chi connectivity index (χ3n) is 8.78. The Bertz CT molecular complexity index is 615. The van der Waals surface area contributed by atoms with Gasteiger partial charge in [0.2, 0.25) is 0 Å². The topological polar surface area (TPSA) is 52.6 Å². The van der Waals surface area contributed by atoms with Crippen molar-refractivity contribution in [3.63, 3.8) is 0 Å². The van der Waals surface area contributed by atoms with Crippen molar-refractivity contribution in [2.24, 2.45) is 23.7 Å². The number of hydrogen-bond donors (Lipinski definition) is 0. The minimum Gasteiger partial charge on any atom is -0.458 e. The number of esters is 2. The number of allylic oxidation sites excluding steroid dienone is 2.